The Labute approximate surface area is 123 Å². The Kier molecular flexibility index (Phi) is 4.28. The van der Waals surface area contributed by atoms with Crippen molar-refractivity contribution >= 4 is 33.1 Å². The lowest BCUT2D eigenvalue weighted by atomic mass is 10.3. The van der Waals surface area contributed by atoms with Crippen molar-refractivity contribution in [2.75, 3.05) is 7.11 Å². The van der Waals surface area contributed by atoms with Crippen molar-refractivity contribution < 1.29 is 9.47 Å². The number of aromatic nitrogens is 2. The Morgan fingerprint density at radius 2 is 2.16 bits per heavy atom. The van der Waals surface area contributed by atoms with Crippen LogP contribution in [0.5, 0.6) is 17.4 Å². The first-order chi connectivity index (χ1) is 9.11. The van der Waals surface area contributed by atoms with Crippen LogP contribution in [0.2, 0.25) is 0 Å². The maximum atomic E-state index is 5.66. The zero-order valence-corrected chi connectivity index (χ0v) is 12.4. The molecule has 0 amide bonds. The Bertz CT molecular complexity index is 622. The van der Waals surface area contributed by atoms with Gasteiger partial charge in [0.25, 0.3) is 0 Å². The molecule has 0 saturated carbocycles. The van der Waals surface area contributed by atoms with Gasteiger partial charge in [0.15, 0.2) is 0 Å². The fourth-order valence-corrected chi connectivity index (χ4v) is 1.97. The molecule has 0 unspecified atom stereocenters. The fourth-order valence-electron chi connectivity index (χ4n) is 1.38. The van der Waals surface area contributed by atoms with Gasteiger partial charge in [-0.25, -0.2) is 0 Å². The smallest absolute Gasteiger partial charge is 0.249 e. The molecular weight excluding hydrogens is 330 g/mol. The van der Waals surface area contributed by atoms with Crippen LogP contribution in [0.15, 0.2) is 34.9 Å². The molecule has 19 heavy (non-hydrogen) atoms. The molecule has 0 fully saturated rings. The lowest BCUT2D eigenvalue weighted by Gasteiger charge is -2.10. The van der Waals surface area contributed by atoms with E-state index in [1.54, 1.807) is 31.4 Å². The Balaban J connectivity index is 2.34. The van der Waals surface area contributed by atoms with Gasteiger partial charge in [0.2, 0.25) is 5.88 Å². The van der Waals surface area contributed by atoms with Crippen LogP contribution in [0.4, 0.5) is 0 Å². The molecule has 0 radical (unpaired) electrons. The SMILES string of the molecule is COc1ccc(Oc2nnccc2C(N)=S)c(Br)c1. The van der Waals surface area contributed by atoms with Crippen molar-refractivity contribution in [1.29, 1.82) is 0 Å². The maximum Gasteiger partial charge on any atom is 0.249 e. The van der Waals surface area contributed by atoms with Crippen LogP contribution in [0.3, 0.4) is 0 Å². The summed E-state index contributed by atoms with van der Waals surface area (Å²) in [4.78, 5) is 0.203. The highest BCUT2D eigenvalue weighted by Crippen LogP contribution is 2.32. The quantitative estimate of drug-likeness (QED) is 0.863. The van der Waals surface area contributed by atoms with Crippen molar-refractivity contribution in [2.24, 2.45) is 5.73 Å². The second-order valence-electron chi connectivity index (χ2n) is 3.51. The van der Waals surface area contributed by atoms with Gasteiger partial charge >= 0.3 is 0 Å². The minimum Gasteiger partial charge on any atom is -0.497 e. The zero-order valence-electron chi connectivity index (χ0n) is 9.96. The molecule has 0 bridgehead atoms. The second-order valence-corrected chi connectivity index (χ2v) is 4.81. The van der Waals surface area contributed by atoms with E-state index in [9.17, 15) is 0 Å². The molecule has 5 nitrogen and oxygen atoms in total. The third-order valence-corrected chi connectivity index (χ3v) is 3.14. The number of ether oxygens (including phenoxy) is 2. The van der Waals surface area contributed by atoms with Crippen LogP contribution in [-0.2, 0) is 0 Å². The maximum absolute atomic E-state index is 5.66. The Hall–Kier alpha value is -1.73. The van der Waals surface area contributed by atoms with E-state index in [4.69, 9.17) is 27.4 Å². The largest absolute Gasteiger partial charge is 0.497 e. The summed E-state index contributed by atoms with van der Waals surface area (Å²) in [5.41, 5.74) is 6.14. The standard InChI is InChI=1S/C12H10BrN3O2S/c1-17-7-2-3-10(9(13)6-7)18-12-8(11(14)19)4-5-15-16-12/h2-6H,1H3,(H2,14,19). The number of nitrogens with two attached hydrogens (primary N) is 1. The van der Waals surface area contributed by atoms with Gasteiger partial charge in [-0.05, 0) is 40.2 Å². The highest BCUT2D eigenvalue weighted by atomic mass is 79.9. The van der Waals surface area contributed by atoms with Crippen LogP contribution in [0, 0.1) is 0 Å². The lowest BCUT2D eigenvalue weighted by molar-refractivity contribution is 0.411. The first-order valence-corrected chi connectivity index (χ1v) is 6.45. The van der Waals surface area contributed by atoms with E-state index in [-0.39, 0.29) is 10.9 Å². The number of rotatable bonds is 4. The number of hydrogen-bond donors (Lipinski definition) is 1. The highest BCUT2D eigenvalue weighted by Gasteiger charge is 2.11. The molecule has 1 heterocycles. The topological polar surface area (TPSA) is 70.3 Å². The second kappa shape index (κ2) is 5.94. The number of halogens is 1. The van der Waals surface area contributed by atoms with Crippen molar-refractivity contribution in [3.63, 3.8) is 0 Å². The molecule has 0 spiro atoms. The molecule has 2 N–H and O–H groups in total. The van der Waals surface area contributed by atoms with Gasteiger partial charge in [-0.3, -0.25) is 0 Å². The van der Waals surface area contributed by atoms with Gasteiger partial charge < -0.3 is 15.2 Å². The Morgan fingerprint density at radius 3 is 2.79 bits per heavy atom. The van der Waals surface area contributed by atoms with E-state index in [0.29, 0.717) is 17.1 Å². The number of hydrogen-bond acceptors (Lipinski definition) is 5. The van der Waals surface area contributed by atoms with E-state index < -0.39 is 0 Å². The van der Waals surface area contributed by atoms with Crippen molar-refractivity contribution in [3.8, 4) is 17.4 Å². The molecule has 0 atom stereocenters. The molecule has 98 valence electrons. The van der Waals surface area contributed by atoms with Crippen molar-refractivity contribution in [1.82, 2.24) is 10.2 Å². The van der Waals surface area contributed by atoms with E-state index in [2.05, 4.69) is 26.1 Å². The van der Waals surface area contributed by atoms with Gasteiger partial charge in [-0.15, -0.1) is 5.10 Å². The number of benzene rings is 1. The van der Waals surface area contributed by atoms with Gasteiger partial charge in [0.1, 0.15) is 16.5 Å². The average molecular weight is 340 g/mol. The van der Waals surface area contributed by atoms with Crippen LogP contribution in [0.25, 0.3) is 0 Å². The van der Waals surface area contributed by atoms with Crippen molar-refractivity contribution in [2.45, 2.75) is 0 Å². The third-order valence-electron chi connectivity index (χ3n) is 2.30. The van der Waals surface area contributed by atoms with Crippen LogP contribution in [0.1, 0.15) is 5.56 Å². The third kappa shape index (κ3) is 3.18. The molecule has 7 heteroatoms. The minimum atomic E-state index is 0.203. The van der Waals surface area contributed by atoms with E-state index in [0.717, 1.165) is 4.47 Å². The fraction of sp³-hybridized carbons (Fsp3) is 0.0833. The average Bonchev–Trinajstić information content (AvgIpc) is 2.41. The summed E-state index contributed by atoms with van der Waals surface area (Å²) < 4.78 is 11.5. The molecule has 1 aromatic carbocycles. The molecule has 0 aliphatic heterocycles. The zero-order chi connectivity index (χ0) is 13.8. The van der Waals surface area contributed by atoms with Gasteiger partial charge in [-0.2, -0.15) is 5.10 Å². The summed E-state index contributed by atoms with van der Waals surface area (Å²) in [6.45, 7) is 0. The van der Waals surface area contributed by atoms with E-state index in [1.165, 1.54) is 6.20 Å². The van der Waals surface area contributed by atoms with Gasteiger partial charge in [-0.1, -0.05) is 12.2 Å². The molecular formula is C12H10BrN3O2S. The summed E-state index contributed by atoms with van der Waals surface area (Å²) >= 11 is 8.33. The molecule has 1 aromatic heterocycles. The molecule has 0 aliphatic carbocycles. The Morgan fingerprint density at radius 1 is 1.37 bits per heavy atom. The molecule has 2 rings (SSSR count). The van der Waals surface area contributed by atoms with Gasteiger partial charge in [0, 0.05) is 0 Å². The number of thiocarbonyl (C=S) groups is 1. The van der Waals surface area contributed by atoms with Crippen molar-refractivity contribution in [3.05, 3.63) is 40.5 Å². The van der Waals surface area contributed by atoms with Gasteiger partial charge in [0.05, 0.1) is 23.3 Å². The molecule has 0 aliphatic rings. The number of methoxy groups -OCH3 is 1. The first kappa shape index (κ1) is 13.7. The lowest BCUT2D eigenvalue weighted by Crippen LogP contribution is -2.12. The van der Waals surface area contributed by atoms with Crippen LogP contribution >= 0.6 is 28.1 Å². The molecule has 0 saturated heterocycles. The van der Waals surface area contributed by atoms with Crippen LogP contribution < -0.4 is 15.2 Å². The number of nitrogens with zero attached hydrogens (tertiary/aromatic N) is 2. The van der Waals surface area contributed by atoms with E-state index in [1.807, 2.05) is 0 Å². The monoisotopic (exact) mass is 339 g/mol. The summed E-state index contributed by atoms with van der Waals surface area (Å²) in [6, 6.07) is 6.96. The summed E-state index contributed by atoms with van der Waals surface area (Å²) in [6.07, 6.45) is 1.50. The normalized spacial score (nSPS) is 10.0. The minimum absolute atomic E-state index is 0.203. The predicted octanol–water partition coefficient (Wildman–Crippen LogP) is 2.67. The predicted molar refractivity (Wildman–Crippen MR) is 78.7 cm³/mol. The van der Waals surface area contributed by atoms with Crippen LogP contribution in [-0.4, -0.2) is 22.3 Å². The van der Waals surface area contributed by atoms with E-state index >= 15 is 0 Å². The molecule has 2 aromatic rings. The summed E-state index contributed by atoms with van der Waals surface area (Å²) in [7, 11) is 1.59. The highest BCUT2D eigenvalue weighted by molar-refractivity contribution is 9.10. The first-order valence-electron chi connectivity index (χ1n) is 5.24. The summed E-state index contributed by atoms with van der Waals surface area (Å²) in [5.74, 6) is 1.55. The summed E-state index contributed by atoms with van der Waals surface area (Å²) in [5, 5.41) is 7.64.